The molecule has 2 rings (SSSR count). The van der Waals surface area contributed by atoms with E-state index in [9.17, 15) is 0 Å². The van der Waals surface area contributed by atoms with Crippen LogP contribution in [-0.4, -0.2) is 20.8 Å². The van der Waals surface area contributed by atoms with E-state index in [1.165, 1.54) is 12.0 Å². The molecule has 19 heavy (non-hydrogen) atoms. The van der Waals surface area contributed by atoms with Crippen molar-refractivity contribution in [3.63, 3.8) is 0 Å². The van der Waals surface area contributed by atoms with Crippen LogP contribution in [0.15, 0.2) is 6.07 Å². The third kappa shape index (κ3) is 2.19. The first-order chi connectivity index (χ1) is 9.13. The summed E-state index contributed by atoms with van der Waals surface area (Å²) in [4.78, 5) is 0. The molecule has 0 bridgehead atoms. The Morgan fingerprint density at radius 1 is 1.32 bits per heavy atom. The molecule has 2 N–H and O–H groups in total. The summed E-state index contributed by atoms with van der Waals surface area (Å²) in [6, 6.07) is 1.85. The molecule has 0 aliphatic heterocycles. The van der Waals surface area contributed by atoms with Gasteiger partial charge in [0.05, 0.1) is 14.2 Å². The van der Waals surface area contributed by atoms with Gasteiger partial charge in [-0.15, -0.1) is 0 Å². The average molecular weight is 284 g/mol. The van der Waals surface area contributed by atoms with Gasteiger partial charge in [-0.05, 0) is 24.8 Å². The first kappa shape index (κ1) is 14.5. The summed E-state index contributed by atoms with van der Waals surface area (Å²) in [5, 5.41) is 0.750. The van der Waals surface area contributed by atoms with E-state index in [1.807, 2.05) is 6.07 Å². The van der Waals surface area contributed by atoms with Crippen molar-refractivity contribution in [2.45, 2.75) is 38.0 Å². The van der Waals surface area contributed by atoms with Crippen molar-refractivity contribution < 1.29 is 9.47 Å². The van der Waals surface area contributed by atoms with E-state index < -0.39 is 0 Å². The molecule has 0 unspecified atom stereocenters. The van der Waals surface area contributed by atoms with Crippen molar-refractivity contribution in [1.82, 2.24) is 0 Å². The van der Waals surface area contributed by atoms with E-state index in [1.54, 1.807) is 14.2 Å². The molecule has 1 aliphatic rings. The molecule has 3 nitrogen and oxygen atoms in total. The topological polar surface area (TPSA) is 44.5 Å². The molecule has 0 spiro atoms. The SMILES string of the molecule is CCc1c(OC)c(OC)cc(Cl)c1C1(CN)CCC1. The maximum absolute atomic E-state index is 6.51. The zero-order valence-corrected chi connectivity index (χ0v) is 12.6. The molecule has 1 aromatic rings. The third-order valence-electron chi connectivity index (χ3n) is 4.31. The summed E-state index contributed by atoms with van der Waals surface area (Å²) in [7, 11) is 3.31. The molecular formula is C15H22ClNO2. The normalized spacial score (nSPS) is 16.9. The Labute approximate surface area is 120 Å². The predicted molar refractivity (Wildman–Crippen MR) is 78.5 cm³/mol. The summed E-state index contributed by atoms with van der Waals surface area (Å²) >= 11 is 6.51. The minimum absolute atomic E-state index is 0.0297. The van der Waals surface area contributed by atoms with Gasteiger partial charge >= 0.3 is 0 Å². The van der Waals surface area contributed by atoms with Crippen LogP contribution in [-0.2, 0) is 11.8 Å². The third-order valence-corrected chi connectivity index (χ3v) is 4.60. The molecular weight excluding hydrogens is 262 g/mol. The molecule has 1 fully saturated rings. The first-order valence-corrected chi connectivity index (χ1v) is 7.15. The molecule has 0 amide bonds. The van der Waals surface area contributed by atoms with Crippen LogP contribution in [0.1, 0.15) is 37.3 Å². The lowest BCUT2D eigenvalue weighted by molar-refractivity contribution is 0.249. The molecule has 0 atom stereocenters. The Morgan fingerprint density at radius 2 is 2.00 bits per heavy atom. The Hall–Kier alpha value is -0.930. The van der Waals surface area contributed by atoms with Gasteiger partial charge in [-0.2, -0.15) is 0 Å². The van der Waals surface area contributed by atoms with Gasteiger partial charge in [0, 0.05) is 28.6 Å². The highest BCUT2D eigenvalue weighted by molar-refractivity contribution is 6.32. The lowest BCUT2D eigenvalue weighted by Gasteiger charge is -2.43. The second-order valence-electron chi connectivity index (χ2n) is 5.14. The number of hydrogen-bond donors (Lipinski definition) is 1. The Morgan fingerprint density at radius 3 is 2.37 bits per heavy atom. The standard InChI is InChI=1S/C15H22ClNO2/c1-4-10-13(15(9-17)6-5-7-15)11(16)8-12(18-2)14(10)19-3/h8H,4-7,9,17H2,1-3H3. The van der Waals surface area contributed by atoms with Crippen molar-refractivity contribution in [3.05, 3.63) is 22.2 Å². The fourth-order valence-electron chi connectivity index (χ4n) is 3.11. The number of halogens is 1. The highest BCUT2D eigenvalue weighted by Gasteiger charge is 2.41. The van der Waals surface area contributed by atoms with Crippen molar-refractivity contribution in [2.24, 2.45) is 5.73 Å². The molecule has 0 radical (unpaired) electrons. The summed E-state index contributed by atoms with van der Waals surface area (Å²) in [5.74, 6) is 1.49. The van der Waals surface area contributed by atoms with Gasteiger partial charge in [-0.3, -0.25) is 0 Å². The minimum Gasteiger partial charge on any atom is -0.493 e. The van der Waals surface area contributed by atoms with Gasteiger partial charge in [-0.25, -0.2) is 0 Å². The zero-order valence-electron chi connectivity index (χ0n) is 11.9. The van der Waals surface area contributed by atoms with Gasteiger partial charge in [0.15, 0.2) is 11.5 Å². The van der Waals surface area contributed by atoms with E-state index >= 15 is 0 Å². The van der Waals surface area contributed by atoms with Crippen LogP contribution < -0.4 is 15.2 Å². The Balaban J connectivity index is 2.66. The maximum atomic E-state index is 6.51. The molecule has 0 aromatic heterocycles. The fraction of sp³-hybridized carbons (Fsp3) is 0.600. The van der Waals surface area contributed by atoms with Gasteiger partial charge in [-0.1, -0.05) is 24.9 Å². The van der Waals surface area contributed by atoms with Gasteiger partial charge in [0.25, 0.3) is 0 Å². The zero-order chi connectivity index (χ0) is 14.0. The van der Waals surface area contributed by atoms with Crippen LogP contribution in [0.25, 0.3) is 0 Å². The van der Waals surface area contributed by atoms with Gasteiger partial charge in [0.1, 0.15) is 0 Å². The molecule has 106 valence electrons. The summed E-state index contributed by atoms with van der Waals surface area (Å²) < 4.78 is 10.9. The van der Waals surface area contributed by atoms with E-state index in [4.69, 9.17) is 26.8 Å². The summed E-state index contributed by atoms with van der Waals surface area (Å²) in [6.07, 6.45) is 4.28. The lowest BCUT2D eigenvalue weighted by atomic mass is 9.63. The van der Waals surface area contributed by atoms with E-state index in [0.717, 1.165) is 35.6 Å². The van der Waals surface area contributed by atoms with Crippen LogP contribution in [0.4, 0.5) is 0 Å². The van der Waals surface area contributed by atoms with Crippen molar-refractivity contribution >= 4 is 11.6 Å². The van der Waals surface area contributed by atoms with Crippen LogP contribution in [0.5, 0.6) is 11.5 Å². The van der Waals surface area contributed by atoms with Gasteiger partial charge < -0.3 is 15.2 Å². The second kappa shape index (κ2) is 5.59. The number of ether oxygens (including phenoxy) is 2. The Bertz CT molecular complexity index is 464. The van der Waals surface area contributed by atoms with Crippen LogP contribution in [0, 0.1) is 0 Å². The average Bonchev–Trinajstić information content (AvgIpc) is 2.38. The number of rotatable bonds is 5. The van der Waals surface area contributed by atoms with Crippen molar-refractivity contribution in [2.75, 3.05) is 20.8 Å². The van der Waals surface area contributed by atoms with Gasteiger partial charge in [0.2, 0.25) is 0 Å². The largest absolute Gasteiger partial charge is 0.493 e. The molecule has 1 aliphatic carbocycles. The molecule has 1 aromatic carbocycles. The highest BCUT2D eigenvalue weighted by Crippen LogP contribution is 2.51. The summed E-state index contributed by atoms with van der Waals surface area (Å²) in [5.41, 5.74) is 8.36. The molecule has 0 heterocycles. The first-order valence-electron chi connectivity index (χ1n) is 6.77. The number of methoxy groups -OCH3 is 2. The lowest BCUT2D eigenvalue weighted by Crippen LogP contribution is -2.42. The minimum atomic E-state index is 0.0297. The van der Waals surface area contributed by atoms with Crippen LogP contribution in [0.2, 0.25) is 5.02 Å². The van der Waals surface area contributed by atoms with Crippen LogP contribution in [0.3, 0.4) is 0 Å². The van der Waals surface area contributed by atoms with Crippen molar-refractivity contribution in [3.8, 4) is 11.5 Å². The van der Waals surface area contributed by atoms with E-state index in [0.29, 0.717) is 12.3 Å². The predicted octanol–water partition coefficient (Wildman–Crippen LogP) is 3.30. The molecule has 1 saturated carbocycles. The Kier molecular flexibility index (Phi) is 4.26. The highest BCUT2D eigenvalue weighted by atomic mass is 35.5. The molecule has 0 saturated heterocycles. The van der Waals surface area contributed by atoms with E-state index in [2.05, 4.69) is 6.92 Å². The summed E-state index contributed by atoms with van der Waals surface area (Å²) in [6.45, 7) is 2.75. The maximum Gasteiger partial charge on any atom is 0.164 e. The van der Waals surface area contributed by atoms with Crippen molar-refractivity contribution in [1.29, 1.82) is 0 Å². The number of nitrogens with two attached hydrogens (primary N) is 1. The smallest absolute Gasteiger partial charge is 0.164 e. The van der Waals surface area contributed by atoms with Crippen LogP contribution >= 0.6 is 11.6 Å². The monoisotopic (exact) mass is 283 g/mol. The van der Waals surface area contributed by atoms with E-state index in [-0.39, 0.29) is 5.41 Å². The second-order valence-corrected chi connectivity index (χ2v) is 5.55. The quantitative estimate of drug-likeness (QED) is 0.902. The number of hydrogen-bond acceptors (Lipinski definition) is 3. The molecule has 4 heteroatoms. The fourth-order valence-corrected chi connectivity index (χ4v) is 3.52. The number of benzene rings is 1.